The smallest absolute Gasteiger partial charge is 0.417 e. The second-order valence-corrected chi connectivity index (χ2v) is 11.4. The van der Waals surface area contributed by atoms with E-state index in [9.17, 15) is 26.0 Å². The Labute approximate surface area is 227 Å². The lowest BCUT2D eigenvalue weighted by molar-refractivity contribution is -0.137. The lowest BCUT2D eigenvalue weighted by atomic mass is 10.0. The average Bonchev–Trinajstić information content (AvgIpc) is 3.31. The molecule has 5 rings (SSSR count). The predicted octanol–water partition coefficient (Wildman–Crippen LogP) is 5.70. The van der Waals surface area contributed by atoms with Gasteiger partial charge in [-0.2, -0.15) is 17.5 Å². The molecule has 1 fully saturated rings. The topological polar surface area (TPSA) is 78.0 Å². The van der Waals surface area contributed by atoms with Crippen molar-refractivity contribution in [3.63, 3.8) is 0 Å². The lowest BCUT2D eigenvalue weighted by Gasteiger charge is -2.21. The van der Waals surface area contributed by atoms with Crippen molar-refractivity contribution >= 4 is 21.6 Å². The van der Waals surface area contributed by atoms with Crippen molar-refractivity contribution in [1.29, 1.82) is 0 Å². The Hall–Kier alpha value is -2.93. The van der Waals surface area contributed by atoms with E-state index in [4.69, 9.17) is 25.8 Å². The number of hydrogen-bond donors (Lipinski definition) is 0. The number of rotatable bonds is 6. The van der Waals surface area contributed by atoms with Crippen LogP contribution >= 0.6 is 11.6 Å². The second-order valence-electron chi connectivity index (χ2n) is 9.08. The van der Waals surface area contributed by atoms with Crippen LogP contribution in [0.3, 0.4) is 0 Å². The van der Waals surface area contributed by atoms with Gasteiger partial charge in [0.25, 0.3) is 0 Å². The number of aromatic nitrogens is 1. The summed E-state index contributed by atoms with van der Waals surface area (Å²) in [6.07, 6.45) is -2.43. The Bertz CT molecular complexity index is 1480. The van der Waals surface area contributed by atoms with Gasteiger partial charge in [-0.1, -0.05) is 23.7 Å². The summed E-state index contributed by atoms with van der Waals surface area (Å²) < 4.78 is 99.2. The van der Waals surface area contributed by atoms with Gasteiger partial charge in [0, 0.05) is 37.0 Å². The Kier molecular flexibility index (Phi) is 7.73. The van der Waals surface area contributed by atoms with Gasteiger partial charge >= 0.3 is 6.18 Å². The summed E-state index contributed by atoms with van der Waals surface area (Å²) in [4.78, 5) is 3.46. The predicted molar refractivity (Wildman–Crippen MR) is 134 cm³/mol. The van der Waals surface area contributed by atoms with Crippen molar-refractivity contribution < 1.29 is 40.2 Å². The van der Waals surface area contributed by atoms with Gasteiger partial charge in [-0.25, -0.2) is 12.8 Å². The zero-order valence-corrected chi connectivity index (χ0v) is 22.0. The number of ether oxygens (including phenoxy) is 3. The third-order valence-corrected chi connectivity index (χ3v) is 8.58. The van der Waals surface area contributed by atoms with Gasteiger partial charge < -0.3 is 14.2 Å². The number of hydrogen-bond acceptors (Lipinski definition) is 6. The Morgan fingerprint density at radius 2 is 1.95 bits per heavy atom. The first kappa shape index (κ1) is 27.6. The van der Waals surface area contributed by atoms with E-state index in [-0.39, 0.29) is 54.6 Å². The zero-order valence-electron chi connectivity index (χ0n) is 20.4. The largest absolute Gasteiger partial charge is 0.488 e. The number of benzene rings is 2. The van der Waals surface area contributed by atoms with Gasteiger partial charge in [0.15, 0.2) is 11.5 Å². The zero-order chi connectivity index (χ0) is 27.8. The molecule has 1 atom stereocenters. The molecule has 0 radical (unpaired) electrons. The lowest BCUT2D eigenvalue weighted by Crippen LogP contribution is -2.33. The Morgan fingerprint density at radius 3 is 2.64 bits per heavy atom. The molecule has 2 aromatic carbocycles. The summed E-state index contributed by atoms with van der Waals surface area (Å²) in [5, 5.41) is -0.250. The van der Waals surface area contributed by atoms with Crippen molar-refractivity contribution in [3.05, 3.63) is 70.6 Å². The molecule has 0 amide bonds. The highest BCUT2D eigenvalue weighted by atomic mass is 35.5. The standard InChI is InChI=1S/C26H23ClF4N2O5S/c27-20-12-18(26(29,30)31)13-32-24(20)16-10-17-14-33(39(34,35)23-6-2-1-5-21(23)28)7-9-37-25(17)22(11-16)38-15-19-4-3-8-36-19/h1-2,5-6,10-13,19H,3-4,7-9,14-15H2. The molecule has 0 spiro atoms. The van der Waals surface area contributed by atoms with Gasteiger partial charge in [0.2, 0.25) is 10.0 Å². The quantitative estimate of drug-likeness (QED) is 0.345. The average molecular weight is 587 g/mol. The van der Waals surface area contributed by atoms with Crippen LogP contribution in [0.4, 0.5) is 17.6 Å². The van der Waals surface area contributed by atoms with Crippen LogP contribution in [0.2, 0.25) is 5.02 Å². The van der Waals surface area contributed by atoms with Crippen molar-refractivity contribution in [2.45, 2.75) is 36.6 Å². The van der Waals surface area contributed by atoms with Gasteiger partial charge in [0.05, 0.1) is 22.4 Å². The van der Waals surface area contributed by atoms with Crippen LogP contribution in [0.15, 0.2) is 53.6 Å². The molecular weight excluding hydrogens is 564 g/mol. The SMILES string of the molecule is O=S(=O)(c1ccccc1F)N1CCOc2c(cc(-c3ncc(C(F)(F)F)cc3Cl)cc2OCC2CCCO2)C1. The van der Waals surface area contributed by atoms with Gasteiger partial charge in [-0.15, -0.1) is 0 Å². The molecule has 1 aromatic heterocycles. The van der Waals surface area contributed by atoms with Crippen LogP contribution in [0.5, 0.6) is 11.5 Å². The molecule has 0 bridgehead atoms. The third kappa shape index (κ3) is 5.84. The van der Waals surface area contributed by atoms with E-state index in [2.05, 4.69) is 4.98 Å². The van der Waals surface area contributed by atoms with E-state index in [1.165, 1.54) is 30.3 Å². The van der Waals surface area contributed by atoms with Crippen LogP contribution < -0.4 is 9.47 Å². The van der Waals surface area contributed by atoms with E-state index in [1.807, 2.05) is 0 Å². The van der Waals surface area contributed by atoms with Crippen molar-refractivity contribution in [1.82, 2.24) is 9.29 Å². The molecule has 1 saturated heterocycles. The highest BCUT2D eigenvalue weighted by Gasteiger charge is 2.33. The minimum Gasteiger partial charge on any atom is -0.488 e. The molecule has 7 nitrogen and oxygen atoms in total. The molecule has 0 N–H and O–H groups in total. The number of pyridine rings is 1. The first-order chi connectivity index (χ1) is 18.5. The molecule has 1 unspecified atom stereocenters. The number of alkyl halides is 3. The molecule has 3 aromatic rings. The van der Waals surface area contributed by atoms with E-state index in [0.717, 1.165) is 29.3 Å². The second kappa shape index (κ2) is 10.9. The van der Waals surface area contributed by atoms with Crippen LogP contribution in [0.25, 0.3) is 11.3 Å². The van der Waals surface area contributed by atoms with Gasteiger partial charge in [-0.3, -0.25) is 4.98 Å². The Morgan fingerprint density at radius 1 is 1.15 bits per heavy atom. The molecule has 13 heteroatoms. The molecule has 0 saturated carbocycles. The number of nitrogens with zero attached hydrogens (tertiary/aromatic N) is 2. The summed E-state index contributed by atoms with van der Waals surface area (Å²) in [6.45, 7) is 0.455. The molecular formula is C26H23ClF4N2O5S. The monoisotopic (exact) mass is 586 g/mol. The summed E-state index contributed by atoms with van der Waals surface area (Å²) in [5.41, 5.74) is -0.317. The van der Waals surface area contributed by atoms with Crippen LogP contribution in [0.1, 0.15) is 24.0 Å². The summed E-state index contributed by atoms with van der Waals surface area (Å²) >= 11 is 6.21. The number of halogens is 5. The van der Waals surface area contributed by atoms with E-state index in [1.54, 1.807) is 0 Å². The van der Waals surface area contributed by atoms with Crippen LogP contribution in [-0.4, -0.2) is 50.2 Å². The summed E-state index contributed by atoms with van der Waals surface area (Å²) in [7, 11) is -4.25. The highest BCUT2D eigenvalue weighted by Crippen LogP contribution is 2.41. The molecule has 3 heterocycles. The van der Waals surface area contributed by atoms with Crippen LogP contribution in [-0.2, 0) is 27.5 Å². The minimum atomic E-state index is -4.63. The van der Waals surface area contributed by atoms with E-state index < -0.39 is 32.5 Å². The summed E-state index contributed by atoms with van der Waals surface area (Å²) in [6, 6.07) is 8.89. The highest BCUT2D eigenvalue weighted by molar-refractivity contribution is 7.89. The van der Waals surface area contributed by atoms with E-state index >= 15 is 0 Å². The third-order valence-electron chi connectivity index (χ3n) is 6.41. The normalized spacial score (nSPS) is 18.3. The summed E-state index contributed by atoms with van der Waals surface area (Å²) in [5.74, 6) is -0.384. The fourth-order valence-corrected chi connectivity index (χ4v) is 6.21. The van der Waals surface area contributed by atoms with Gasteiger partial charge in [-0.05, 0) is 43.2 Å². The molecule has 39 heavy (non-hydrogen) atoms. The molecule has 0 aliphatic carbocycles. The molecule has 208 valence electrons. The minimum absolute atomic E-state index is 0.0437. The first-order valence-corrected chi connectivity index (χ1v) is 13.9. The number of fused-ring (bicyclic) bond motifs is 1. The molecule has 2 aliphatic heterocycles. The van der Waals surface area contributed by atoms with E-state index in [0.29, 0.717) is 23.9 Å². The maximum absolute atomic E-state index is 14.4. The fourth-order valence-electron chi connectivity index (χ4n) is 4.47. The number of sulfonamides is 1. The Balaban J connectivity index is 1.56. The fraction of sp³-hybridized carbons (Fsp3) is 0.346. The molecule has 2 aliphatic rings. The van der Waals surface area contributed by atoms with Crippen molar-refractivity contribution in [2.24, 2.45) is 0 Å². The maximum atomic E-state index is 14.4. The van der Waals surface area contributed by atoms with Crippen molar-refractivity contribution in [3.8, 4) is 22.8 Å². The van der Waals surface area contributed by atoms with Crippen molar-refractivity contribution in [2.75, 3.05) is 26.4 Å². The van der Waals surface area contributed by atoms with Crippen LogP contribution in [0, 0.1) is 5.82 Å². The maximum Gasteiger partial charge on any atom is 0.417 e. The first-order valence-electron chi connectivity index (χ1n) is 12.1. The van der Waals surface area contributed by atoms with Gasteiger partial charge in [0.1, 0.15) is 23.9 Å².